The van der Waals surface area contributed by atoms with Gasteiger partial charge in [0.2, 0.25) is 0 Å². The van der Waals surface area contributed by atoms with Crippen molar-refractivity contribution in [2.45, 2.75) is 32.1 Å². The van der Waals surface area contributed by atoms with Gasteiger partial charge in [-0.2, -0.15) is 0 Å². The van der Waals surface area contributed by atoms with Crippen LogP contribution in [0.5, 0.6) is 0 Å². The molecule has 0 unspecified atom stereocenters. The lowest BCUT2D eigenvalue weighted by Gasteiger charge is -2.22. The average Bonchev–Trinajstić information content (AvgIpc) is 2.98. The van der Waals surface area contributed by atoms with Gasteiger partial charge in [0.1, 0.15) is 0 Å². The van der Waals surface area contributed by atoms with Gasteiger partial charge in [-0.1, -0.05) is 31.0 Å². The first-order chi connectivity index (χ1) is 13.1. The minimum Gasteiger partial charge on any atom is -0.372 e. The van der Waals surface area contributed by atoms with Gasteiger partial charge < -0.3 is 10.2 Å². The quantitative estimate of drug-likeness (QED) is 0.620. The summed E-state index contributed by atoms with van der Waals surface area (Å²) in [6.45, 7) is 2.74. The highest BCUT2D eigenvalue weighted by Crippen LogP contribution is 2.20. The van der Waals surface area contributed by atoms with Gasteiger partial charge in [-0.05, 0) is 43.0 Å². The molecule has 1 aliphatic rings. The van der Waals surface area contributed by atoms with E-state index in [9.17, 15) is 14.9 Å². The molecule has 2 aromatic carbocycles. The Labute approximate surface area is 159 Å². The number of carbonyl (C=O) groups excluding carboxylic acids is 1. The van der Waals surface area contributed by atoms with Crippen molar-refractivity contribution in [2.75, 3.05) is 24.5 Å². The second kappa shape index (κ2) is 9.16. The zero-order chi connectivity index (χ0) is 19.1. The van der Waals surface area contributed by atoms with Crippen LogP contribution in [0.25, 0.3) is 0 Å². The lowest BCUT2D eigenvalue weighted by Crippen LogP contribution is -2.26. The van der Waals surface area contributed by atoms with Crippen LogP contribution in [0.15, 0.2) is 48.5 Å². The molecule has 0 saturated carbocycles. The summed E-state index contributed by atoms with van der Waals surface area (Å²) < 4.78 is 0. The summed E-state index contributed by atoms with van der Waals surface area (Å²) >= 11 is 0. The predicted octanol–water partition coefficient (Wildman–Crippen LogP) is 3.95. The average molecular weight is 367 g/mol. The van der Waals surface area contributed by atoms with Crippen molar-refractivity contribution in [1.82, 2.24) is 5.32 Å². The Bertz CT molecular complexity index is 782. The zero-order valence-corrected chi connectivity index (χ0v) is 15.4. The molecule has 0 spiro atoms. The van der Waals surface area contributed by atoms with Crippen molar-refractivity contribution in [2.24, 2.45) is 0 Å². The van der Waals surface area contributed by atoms with Crippen LogP contribution in [-0.4, -0.2) is 30.5 Å². The molecule has 1 saturated heterocycles. The van der Waals surface area contributed by atoms with Gasteiger partial charge in [0.05, 0.1) is 4.92 Å². The fourth-order valence-corrected chi connectivity index (χ4v) is 3.39. The Morgan fingerprint density at radius 1 is 1.04 bits per heavy atom. The highest BCUT2D eigenvalue weighted by molar-refractivity contribution is 5.94. The summed E-state index contributed by atoms with van der Waals surface area (Å²) in [7, 11) is 0. The molecule has 0 bridgehead atoms. The van der Waals surface area contributed by atoms with Crippen LogP contribution in [0.3, 0.4) is 0 Å². The third kappa shape index (κ3) is 5.29. The number of nitrogens with zero attached hydrogens (tertiary/aromatic N) is 2. The normalized spacial score (nSPS) is 14.4. The van der Waals surface area contributed by atoms with Gasteiger partial charge in [0.15, 0.2) is 0 Å². The van der Waals surface area contributed by atoms with E-state index in [0.717, 1.165) is 25.1 Å². The van der Waals surface area contributed by atoms with E-state index in [2.05, 4.69) is 34.5 Å². The molecule has 6 heteroatoms. The number of hydrogen-bond donors (Lipinski definition) is 1. The molecule has 0 atom stereocenters. The van der Waals surface area contributed by atoms with Crippen LogP contribution in [-0.2, 0) is 6.42 Å². The maximum absolute atomic E-state index is 12.2. The number of nitrogens with one attached hydrogen (secondary N) is 1. The van der Waals surface area contributed by atoms with Crippen LogP contribution in [0, 0.1) is 10.1 Å². The second-order valence-electron chi connectivity index (χ2n) is 6.88. The Hall–Kier alpha value is -2.89. The molecule has 3 rings (SSSR count). The van der Waals surface area contributed by atoms with Crippen molar-refractivity contribution in [1.29, 1.82) is 0 Å². The first kappa shape index (κ1) is 18.9. The number of benzene rings is 2. The van der Waals surface area contributed by atoms with E-state index in [4.69, 9.17) is 0 Å². The molecule has 6 nitrogen and oxygen atoms in total. The number of amides is 1. The Balaban J connectivity index is 1.50. The number of nitro groups is 1. The monoisotopic (exact) mass is 367 g/mol. The number of nitro benzene ring substituents is 1. The highest BCUT2D eigenvalue weighted by atomic mass is 16.6. The molecule has 1 fully saturated rings. The van der Waals surface area contributed by atoms with Gasteiger partial charge >= 0.3 is 0 Å². The molecule has 1 aliphatic heterocycles. The van der Waals surface area contributed by atoms with E-state index < -0.39 is 4.92 Å². The van der Waals surface area contributed by atoms with E-state index in [-0.39, 0.29) is 11.6 Å². The van der Waals surface area contributed by atoms with Gasteiger partial charge in [-0.25, -0.2) is 0 Å². The maximum Gasteiger partial charge on any atom is 0.270 e. The molecular weight excluding hydrogens is 342 g/mol. The summed E-state index contributed by atoms with van der Waals surface area (Å²) in [5.74, 6) is -0.292. The number of hydrogen-bond acceptors (Lipinski definition) is 4. The third-order valence-corrected chi connectivity index (χ3v) is 4.93. The van der Waals surface area contributed by atoms with Crippen LogP contribution >= 0.6 is 0 Å². The standard InChI is InChI=1S/C21H25N3O3/c25-21(18-6-5-7-20(16-18)24(26)27)22-13-12-17-8-10-19(11-9-17)23-14-3-1-2-4-15-23/h5-11,16H,1-4,12-15H2,(H,22,25). The topological polar surface area (TPSA) is 75.5 Å². The van der Waals surface area contributed by atoms with Crippen molar-refractivity contribution in [3.05, 3.63) is 69.8 Å². The SMILES string of the molecule is O=C(NCCc1ccc(N2CCCCCC2)cc1)c1cccc([N+](=O)[O-])c1. The molecule has 1 amide bonds. The van der Waals surface area contributed by atoms with E-state index in [1.54, 1.807) is 6.07 Å². The summed E-state index contributed by atoms with van der Waals surface area (Å²) in [5.41, 5.74) is 2.65. The zero-order valence-electron chi connectivity index (χ0n) is 15.4. The number of carbonyl (C=O) groups is 1. The van der Waals surface area contributed by atoms with E-state index >= 15 is 0 Å². The Kier molecular flexibility index (Phi) is 6.41. The minimum absolute atomic E-state index is 0.0771. The second-order valence-corrected chi connectivity index (χ2v) is 6.88. The Morgan fingerprint density at radius 2 is 1.74 bits per heavy atom. The Morgan fingerprint density at radius 3 is 2.41 bits per heavy atom. The van der Waals surface area contributed by atoms with Gasteiger partial charge in [0.25, 0.3) is 11.6 Å². The van der Waals surface area contributed by atoms with Crippen LogP contribution < -0.4 is 10.2 Å². The summed E-state index contributed by atoms with van der Waals surface area (Å²) in [6.07, 6.45) is 5.87. The van der Waals surface area contributed by atoms with Crippen LogP contribution in [0.4, 0.5) is 11.4 Å². The molecule has 142 valence electrons. The van der Waals surface area contributed by atoms with Crippen LogP contribution in [0.2, 0.25) is 0 Å². The lowest BCUT2D eigenvalue weighted by molar-refractivity contribution is -0.384. The largest absolute Gasteiger partial charge is 0.372 e. The van der Waals surface area contributed by atoms with E-state index in [0.29, 0.717) is 12.1 Å². The molecular formula is C21H25N3O3. The van der Waals surface area contributed by atoms with E-state index in [1.165, 1.54) is 49.6 Å². The van der Waals surface area contributed by atoms with Crippen molar-refractivity contribution in [3.8, 4) is 0 Å². The van der Waals surface area contributed by atoms with Gasteiger partial charge in [-0.15, -0.1) is 0 Å². The summed E-state index contributed by atoms with van der Waals surface area (Å²) in [4.78, 5) is 24.9. The molecule has 1 heterocycles. The fraction of sp³-hybridized carbons (Fsp3) is 0.381. The molecule has 0 aromatic heterocycles. The van der Waals surface area contributed by atoms with Gasteiger partial charge in [0, 0.05) is 43.0 Å². The third-order valence-electron chi connectivity index (χ3n) is 4.93. The smallest absolute Gasteiger partial charge is 0.270 e. The lowest BCUT2D eigenvalue weighted by atomic mass is 10.1. The number of anilines is 1. The first-order valence-electron chi connectivity index (χ1n) is 9.50. The van der Waals surface area contributed by atoms with E-state index in [1.807, 2.05) is 0 Å². The maximum atomic E-state index is 12.2. The highest BCUT2D eigenvalue weighted by Gasteiger charge is 2.12. The van der Waals surface area contributed by atoms with Crippen molar-refractivity contribution in [3.63, 3.8) is 0 Å². The molecule has 2 aromatic rings. The number of non-ortho nitro benzene ring substituents is 1. The fourth-order valence-electron chi connectivity index (χ4n) is 3.39. The molecule has 0 radical (unpaired) electrons. The van der Waals surface area contributed by atoms with Gasteiger partial charge in [-0.3, -0.25) is 14.9 Å². The van der Waals surface area contributed by atoms with Crippen LogP contribution in [0.1, 0.15) is 41.6 Å². The molecule has 0 aliphatic carbocycles. The molecule has 1 N–H and O–H groups in total. The predicted molar refractivity (Wildman–Crippen MR) is 106 cm³/mol. The molecule has 27 heavy (non-hydrogen) atoms. The number of rotatable bonds is 6. The summed E-state index contributed by atoms with van der Waals surface area (Å²) in [5, 5.41) is 13.6. The van der Waals surface area contributed by atoms with Crippen molar-refractivity contribution < 1.29 is 9.72 Å². The minimum atomic E-state index is -0.497. The first-order valence-corrected chi connectivity index (χ1v) is 9.50. The van der Waals surface area contributed by atoms with Crippen molar-refractivity contribution >= 4 is 17.3 Å². The summed E-state index contributed by atoms with van der Waals surface area (Å²) in [6, 6.07) is 14.3.